The molecule has 6 aromatic rings. The highest BCUT2D eigenvalue weighted by atomic mass is 15.3. The van der Waals surface area contributed by atoms with Crippen LogP contribution in [0.3, 0.4) is 0 Å². The van der Waals surface area contributed by atoms with Gasteiger partial charge in [-0.2, -0.15) is 10.2 Å². The van der Waals surface area contributed by atoms with Crippen LogP contribution in [-0.2, 0) is 6.54 Å². The van der Waals surface area contributed by atoms with Gasteiger partial charge in [-0.25, -0.2) is 15.0 Å². The number of fused-ring (bicyclic) bond motifs is 1. The highest BCUT2D eigenvalue weighted by Gasteiger charge is 2.20. The fourth-order valence-electron chi connectivity index (χ4n) is 5.40. The van der Waals surface area contributed by atoms with Gasteiger partial charge in [-0.05, 0) is 48.0 Å². The van der Waals surface area contributed by atoms with Crippen molar-refractivity contribution in [2.24, 2.45) is 0 Å². The van der Waals surface area contributed by atoms with Gasteiger partial charge in [0.2, 0.25) is 0 Å². The molecule has 7 rings (SSSR count). The van der Waals surface area contributed by atoms with E-state index in [1.807, 2.05) is 54.7 Å². The van der Waals surface area contributed by atoms with Gasteiger partial charge < -0.3 is 10.6 Å². The molecule has 1 aliphatic heterocycles. The van der Waals surface area contributed by atoms with Crippen LogP contribution >= 0.6 is 0 Å². The maximum Gasteiger partial charge on any atom is 0.165 e. The summed E-state index contributed by atoms with van der Waals surface area (Å²) in [5, 5.41) is 7.91. The lowest BCUT2D eigenvalue weighted by molar-refractivity contribution is 0.250. The maximum atomic E-state index is 6.32. The van der Waals surface area contributed by atoms with Crippen LogP contribution in [0.25, 0.3) is 39.5 Å². The molecule has 2 aromatic carbocycles. The maximum absolute atomic E-state index is 6.32. The van der Waals surface area contributed by atoms with Gasteiger partial charge in [-0.3, -0.25) is 9.47 Å². The van der Waals surface area contributed by atoms with Gasteiger partial charge in [0.25, 0.3) is 0 Å². The van der Waals surface area contributed by atoms with Crippen molar-refractivity contribution in [2.75, 3.05) is 36.8 Å². The van der Waals surface area contributed by atoms with Gasteiger partial charge in [-0.15, -0.1) is 0 Å². The Kier molecular flexibility index (Phi) is 6.54. The molecule has 1 saturated heterocycles. The topological polar surface area (TPSA) is 102 Å². The predicted octanol–water partition coefficient (Wildman–Crippen LogP) is 4.84. The third-order valence-corrected chi connectivity index (χ3v) is 7.56. The Labute approximate surface area is 238 Å². The van der Waals surface area contributed by atoms with E-state index >= 15 is 0 Å². The molecular weight excluding hydrogens is 510 g/mol. The molecule has 202 valence electrons. The molecule has 9 nitrogen and oxygen atoms in total. The van der Waals surface area contributed by atoms with Crippen molar-refractivity contribution in [3.05, 3.63) is 109 Å². The molecular formula is C32H29N9. The van der Waals surface area contributed by atoms with Gasteiger partial charge in [0.15, 0.2) is 11.5 Å². The van der Waals surface area contributed by atoms with Crippen molar-refractivity contribution in [2.45, 2.75) is 6.54 Å². The lowest BCUT2D eigenvalue weighted by atomic mass is 10.1. The summed E-state index contributed by atoms with van der Waals surface area (Å²) >= 11 is 0. The Morgan fingerprint density at radius 2 is 1.54 bits per heavy atom. The molecule has 0 bridgehead atoms. The van der Waals surface area contributed by atoms with Crippen LogP contribution in [-0.4, -0.2) is 60.8 Å². The summed E-state index contributed by atoms with van der Waals surface area (Å²) < 4.78 is 2.08. The Bertz CT molecular complexity index is 1780. The minimum atomic E-state index is 0.436. The number of nitrogen functional groups attached to an aromatic ring is 1. The Morgan fingerprint density at radius 3 is 2.29 bits per heavy atom. The fourth-order valence-corrected chi connectivity index (χ4v) is 5.40. The van der Waals surface area contributed by atoms with Crippen molar-refractivity contribution < 1.29 is 0 Å². The number of nitrogens with two attached hydrogens (primary N) is 1. The summed E-state index contributed by atoms with van der Waals surface area (Å²) in [6.45, 7) is 4.82. The summed E-state index contributed by atoms with van der Waals surface area (Å²) in [6, 6.07) is 28.7. The van der Waals surface area contributed by atoms with Crippen LogP contribution in [0.4, 0.5) is 11.5 Å². The standard InChI is InChI=1S/C32H29N9/c33-30-27(7-4-15-34-30)31-38-29-13-12-28(24-5-2-1-3-6-24)37-32(29)41(31)25-10-8-23(9-11-25)22-39-17-19-40(20-18-39)26-14-16-35-36-21-26/h1-16,21H,17-20,22H2,(H2,33,34). The van der Waals surface area contributed by atoms with Gasteiger partial charge in [0, 0.05) is 50.2 Å². The molecule has 4 aromatic heterocycles. The van der Waals surface area contributed by atoms with E-state index < -0.39 is 0 Å². The fraction of sp³-hybridized carbons (Fsp3) is 0.156. The molecule has 41 heavy (non-hydrogen) atoms. The second-order valence-electron chi connectivity index (χ2n) is 10.1. The number of imidazole rings is 1. The average Bonchev–Trinajstić information content (AvgIpc) is 3.41. The largest absolute Gasteiger partial charge is 0.383 e. The normalized spacial score (nSPS) is 14.0. The number of benzene rings is 2. The van der Waals surface area contributed by atoms with Crippen LogP contribution in [0, 0.1) is 0 Å². The molecule has 0 spiro atoms. The summed E-state index contributed by atoms with van der Waals surface area (Å²) in [7, 11) is 0. The first-order valence-electron chi connectivity index (χ1n) is 13.7. The van der Waals surface area contributed by atoms with Crippen LogP contribution < -0.4 is 10.6 Å². The van der Waals surface area contributed by atoms with E-state index in [1.165, 1.54) is 5.56 Å². The number of hydrogen-bond donors (Lipinski definition) is 1. The van der Waals surface area contributed by atoms with E-state index in [-0.39, 0.29) is 0 Å². The quantitative estimate of drug-likeness (QED) is 0.321. The summed E-state index contributed by atoms with van der Waals surface area (Å²) in [5.74, 6) is 1.16. The lowest BCUT2D eigenvalue weighted by Gasteiger charge is -2.35. The summed E-state index contributed by atoms with van der Waals surface area (Å²) in [5.41, 5.74) is 14.0. The Morgan fingerprint density at radius 1 is 0.707 bits per heavy atom. The minimum Gasteiger partial charge on any atom is -0.383 e. The van der Waals surface area contributed by atoms with E-state index in [2.05, 4.69) is 65.9 Å². The highest BCUT2D eigenvalue weighted by Crippen LogP contribution is 2.32. The van der Waals surface area contributed by atoms with E-state index in [4.69, 9.17) is 15.7 Å². The molecule has 0 aliphatic carbocycles. The second kappa shape index (κ2) is 10.8. The third-order valence-electron chi connectivity index (χ3n) is 7.56. The first-order chi connectivity index (χ1) is 20.2. The van der Waals surface area contributed by atoms with Crippen molar-refractivity contribution >= 4 is 22.7 Å². The molecule has 9 heteroatoms. The lowest BCUT2D eigenvalue weighted by Crippen LogP contribution is -2.46. The van der Waals surface area contributed by atoms with E-state index in [9.17, 15) is 0 Å². The Balaban J connectivity index is 1.19. The number of nitrogens with zero attached hydrogens (tertiary/aromatic N) is 8. The molecule has 5 heterocycles. The van der Waals surface area contributed by atoms with Gasteiger partial charge >= 0.3 is 0 Å². The number of pyridine rings is 2. The number of aromatic nitrogens is 6. The molecule has 0 unspecified atom stereocenters. The predicted molar refractivity (Wildman–Crippen MR) is 161 cm³/mol. The molecule has 1 aliphatic rings. The number of hydrogen-bond acceptors (Lipinski definition) is 8. The first kappa shape index (κ1) is 24.9. The molecule has 0 saturated carbocycles. The van der Waals surface area contributed by atoms with Crippen LogP contribution in [0.2, 0.25) is 0 Å². The molecule has 0 atom stereocenters. The first-order valence-corrected chi connectivity index (χ1v) is 13.7. The molecule has 0 radical (unpaired) electrons. The average molecular weight is 540 g/mol. The van der Waals surface area contributed by atoms with E-state index in [1.54, 1.807) is 12.4 Å². The van der Waals surface area contributed by atoms with Crippen LogP contribution in [0.1, 0.15) is 5.56 Å². The van der Waals surface area contributed by atoms with Crippen molar-refractivity contribution in [3.8, 4) is 28.3 Å². The van der Waals surface area contributed by atoms with Crippen LogP contribution in [0.5, 0.6) is 0 Å². The van der Waals surface area contributed by atoms with Crippen molar-refractivity contribution in [1.29, 1.82) is 0 Å². The summed E-state index contributed by atoms with van der Waals surface area (Å²) in [6.07, 6.45) is 5.28. The zero-order chi connectivity index (χ0) is 27.6. The molecule has 1 fully saturated rings. The SMILES string of the molecule is Nc1ncccc1-c1nc2ccc(-c3ccccc3)nc2n1-c1ccc(CN2CCN(c3ccnnc3)CC2)cc1. The van der Waals surface area contributed by atoms with E-state index in [0.29, 0.717) is 5.82 Å². The van der Waals surface area contributed by atoms with Gasteiger partial charge in [0.1, 0.15) is 11.3 Å². The van der Waals surface area contributed by atoms with Crippen molar-refractivity contribution in [1.82, 2.24) is 34.6 Å². The minimum absolute atomic E-state index is 0.436. The monoisotopic (exact) mass is 539 g/mol. The zero-order valence-corrected chi connectivity index (χ0v) is 22.5. The van der Waals surface area contributed by atoms with Gasteiger partial charge in [0.05, 0.1) is 29.3 Å². The number of piperazine rings is 1. The van der Waals surface area contributed by atoms with E-state index in [0.717, 1.165) is 77.9 Å². The number of anilines is 2. The molecule has 2 N–H and O–H groups in total. The zero-order valence-electron chi connectivity index (χ0n) is 22.5. The smallest absolute Gasteiger partial charge is 0.165 e. The third kappa shape index (κ3) is 4.99. The van der Waals surface area contributed by atoms with Gasteiger partial charge in [-0.1, -0.05) is 42.5 Å². The van der Waals surface area contributed by atoms with Crippen molar-refractivity contribution in [3.63, 3.8) is 0 Å². The molecule has 0 amide bonds. The second-order valence-corrected chi connectivity index (χ2v) is 10.1. The Hall–Kier alpha value is -5.15. The summed E-state index contributed by atoms with van der Waals surface area (Å²) in [4.78, 5) is 19.2. The number of rotatable bonds is 6. The highest BCUT2D eigenvalue weighted by molar-refractivity contribution is 5.84. The van der Waals surface area contributed by atoms with Crippen LogP contribution in [0.15, 0.2) is 104 Å².